The first-order valence-electron chi connectivity index (χ1n) is 11.9. The maximum atomic E-state index is 13.6. The van der Waals surface area contributed by atoms with E-state index in [0.717, 1.165) is 19.3 Å². The first-order valence-corrected chi connectivity index (χ1v) is 12.6. The number of unbranched alkanes of at least 4 members (excludes halogenated alkanes) is 2. The van der Waals surface area contributed by atoms with Gasteiger partial charge in [0.15, 0.2) is 0 Å². The van der Waals surface area contributed by atoms with Crippen LogP contribution in [0.5, 0.6) is 5.75 Å². The van der Waals surface area contributed by atoms with Crippen molar-refractivity contribution in [3.63, 3.8) is 0 Å². The Labute approximate surface area is 214 Å². The Bertz CT molecular complexity index is 1330. The van der Waals surface area contributed by atoms with Crippen molar-refractivity contribution in [2.75, 3.05) is 6.61 Å². The van der Waals surface area contributed by atoms with E-state index in [1.54, 1.807) is 41.0 Å². The van der Waals surface area contributed by atoms with Crippen LogP contribution in [0.4, 0.5) is 0 Å². The smallest absolute Gasteiger partial charge is 0.261 e. The van der Waals surface area contributed by atoms with E-state index in [4.69, 9.17) is 27.9 Å². The number of hydrogen-bond donors (Lipinski definition) is 0. The second-order valence-electron chi connectivity index (χ2n) is 9.19. The third kappa shape index (κ3) is 4.82. The van der Waals surface area contributed by atoms with Gasteiger partial charge in [0, 0.05) is 11.9 Å². The van der Waals surface area contributed by atoms with Crippen molar-refractivity contribution in [1.82, 2.24) is 9.47 Å². The molecule has 0 bridgehead atoms. The van der Waals surface area contributed by atoms with Crippen LogP contribution in [0.25, 0.3) is 10.8 Å². The average molecular weight is 515 g/mol. The van der Waals surface area contributed by atoms with Gasteiger partial charge in [-0.3, -0.25) is 19.3 Å². The molecular weight excluding hydrogens is 487 g/mol. The van der Waals surface area contributed by atoms with Crippen LogP contribution in [-0.4, -0.2) is 27.9 Å². The highest BCUT2D eigenvalue weighted by molar-refractivity contribution is 6.42. The summed E-state index contributed by atoms with van der Waals surface area (Å²) in [7, 11) is 0. The van der Waals surface area contributed by atoms with Crippen molar-refractivity contribution in [2.24, 2.45) is 5.92 Å². The van der Waals surface area contributed by atoms with Crippen molar-refractivity contribution in [2.45, 2.75) is 53.1 Å². The Hall–Kier alpha value is -2.83. The van der Waals surface area contributed by atoms with E-state index in [-0.39, 0.29) is 34.9 Å². The predicted octanol–water partition coefficient (Wildman–Crippen LogP) is 6.33. The molecule has 0 unspecified atom stereocenters. The van der Waals surface area contributed by atoms with Gasteiger partial charge in [-0.15, -0.1) is 0 Å². The monoisotopic (exact) mass is 514 g/mol. The number of halogens is 2. The summed E-state index contributed by atoms with van der Waals surface area (Å²) in [5.74, 6) is -0.200. The number of aromatic nitrogens is 1. The highest BCUT2D eigenvalue weighted by Gasteiger charge is 2.36. The van der Waals surface area contributed by atoms with Gasteiger partial charge in [0.05, 0.1) is 45.4 Å². The highest BCUT2D eigenvalue weighted by atomic mass is 35.5. The summed E-state index contributed by atoms with van der Waals surface area (Å²) in [5, 5.41) is 1.48. The first kappa shape index (κ1) is 25.3. The van der Waals surface area contributed by atoms with Gasteiger partial charge in [0.2, 0.25) is 0 Å². The molecule has 0 spiro atoms. The van der Waals surface area contributed by atoms with Crippen LogP contribution < -0.4 is 10.3 Å². The summed E-state index contributed by atoms with van der Waals surface area (Å²) >= 11 is 12.6. The molecule has 2 amide bonds. The number of ether oxygens (including phenoxy) is 1. The third-order valence-corrected chi connectivity index (χ3v) is 6.82. The van der Waals surface area contributed by atoms with Crippen LogP contribution in [-0.2, 0) is 13.1 Å². The normalized spacial score (nSPS) is 13.3. The molecule has 0 aliphatic carbocycles. The lowest BCUT2D eigenvalue weighted by atomic mass is 10.1. The number of carbonyl (C=O) groups is 2. The molecule has 0 saturated carbocycles. The molecule has 1 aliphatic rings. The maximum absolute atomic E-state index is 13.6. The lowest BCUT2D eigenvalue weighted by Gasteiger charge is -2.24. The number of fused-ring (bicyclic) bond motifs is 2. The van der Waals surface area contributed by atoms with E-state index in [9.17, 15) is 14.4 Å². The molecule has 2 aromatic carbocycles. The standard InChI is InChI=1S/C27H28Cl2N2O4/c1-4-5-8-11-35-24-19-12-21(28)22(29)13-20(19)27(34)30(14-16(2)3)23(24)15-31-25(32)17-9-6-7-10-18(17)26(31)33/h6-7,9-10,12-13,16H,4-5,8,11,14-15H2,1-3H3. The molecule has 4 rings (SSSR count). The highest BCUT2D eigenvalue weighted by Crippen LogP contribution is 2.36. The molecule has 3 aromatic rings. The Balaban J connectivity index is 1.91. The number of benzene rings is 2. The Morgan fingerprint density at radius 1 is 0.914 bits per heavy atom. The van der Waals surface area contributed by atoms with Crippen LogP contribution in [0.2, 0.25) is 10.0 Å². The summed E-state index contributed by atoms with van der Waals surface area (Å²) in [4.78, 5) is 41.1. The molecule has 0 fully saturated rings. The van der Waals surface area contributed by atoms with Crippen LogP contribution in [0.15, 0.2) is 41.2 Å². The van der Waals surface area contributed by atoms with Crippen LogP contribution >= 0.6 is 23.2 Å². The lowest BCUT2D eigenvalue weighted by molar-refractivity contribution is 0.0636. The zero-order valence-corrected chi connectivity index (χ0v) is 21.6. The number of rotatable bonds is 9. The largest absolute Gasteiger partial charge is 0.491 e. The second-order valence-corrected chi connectivity index (χ2v) is 10.0. The molecule has 1 aliphatic heterocycles. The van der Waals surface area contributed by atoms with E-state index in [1.807, 2.05) is 13.8 Å². The molecule has 0 saturated heterocycles. The molecule has 0 radical (unpaired) electrons. The Morgan fingerprint density at radius 3 is 2.09 bits per heavy atom. The molecule has 8 heteroatoms. The van der Waals surface area contributed by atoms with Crippen molar-refractivity contribution in [1.29, 1.82) is 0 Å². The summed E-state index contributed by atoms with van der Waals surface area (Å²) < 4.78 is 7.88. The van der Waals surface area contributed by atoms with Gasteiger partial charge >= 0.3 is 0 Å². The summed E-state index contributed by atoms with van der Waals surface area (Å²) in [6, 6.07) is 9.92. The number of pyridine rings is 1. The van der Waals surface area contributed by atoms with Gasteiger partial charge in [-0.05, 0) is 36.6 Å². The van der Waals surface area contributed by atoms with Crippen LogP contribution in [0.3, 0.4) is 0 Å². The van der Waals surface area contributed by atoms with E-state index in [2.05, 4.69) is 6.92 Å². The minimum absolute atomic E-state index is 0.0897. The minimum atomic E-state index is -0.389. The summed E-state index contributed by atoms with van der Waals surface area (Å²) in [5.41, 5.74) is 0.924. The Morgan fingerprint density at radius 2 is 1.51 bits per heavy atom. The maximum Gasteiger partial charge on any atom is 0.261 e. The molecule has 2 heterocycles. The van der Waals surface area contributed by atoms with Crippen molar-refractivity contribution < 1.29 is 14.3 Å². The first-order chi connectivity index (χ1) is 16.7. The van der Waals surface area contributed by atoms with Crippen molar-refractivity contribution in [3.05, 3.63) is 73.6 Å². The van der Waals surface area contributed by atoms with Gasteiger partial charge in [-0.1, -0.05) is 68.9 Å². The third-order valence-electron chi connectivity index (χ3n) is 6.10. The predicted molar refractivity (Wildman–Crippen MR) is 139 cm³/mol. The van der Waals surface area contributed by atoms with E-state index in [0.29, 0.717) is 51.5 Å². The second kappa shape index (κ2) is 10.4. The molecular formula is C27H28Cl2N2O4. The molecule has 0 N–H and O–H groups in total. The van der Waals surface area contributed by atoms with Gasteiger partial charge in [0.25, 0.3) is 17.4 Å². The van der Waals surface area contributed by atoms with E-state index in [1.165, 1.54) is 4.90 Å². The fourth-order valence-corrected chi connectivity index (χ4v) is 4.72. The van der Waals surface area contributed by atoms with Crippen LogP contribution in [0, 0.1) is 5.92 Å². The van der Waals surface area contributed by atoms with E-state index >= 15 is 0 Å². The lowest BCUT2D eigenvalue weighted by Crippen LogP contribution is -2.34. The molecule has 1 aromatic heterocycles. The summed E-state index contributed by atoms with van der Waals surface area (Å²) in [6.45, 7) is 6.83. The number of hydrogen-bond acceptors (Lipinski definition) is 4. The van der Waals surface area contributed by atoms with Gasteiger partial charge in [-0.25, -0.2) is 0 Å². The number of amides is 2. The SMILES string of the molecule is CCCCCOc1c(CN2C(=O)c3ccccc3C2=O)n(CC(C)C)c(=O)c2cc(Cl)c(Cl)cc12. The number of carbonyl (C=O) groups excluding carboxylic acids is 2. The molecule has 35 heavy (non-hydrogen) atoms. The summed E-state index contributed by atoms with van der Waals surface area (Å²) in [6.07, 6.45) is 2.85. The molecule has 184 valence electrons. The van der Waals surface area contributed by atoms with Gasteiger partial charge in [-0.2, -0.15) is 0 Å². The molecule has 0 atom stereocenters. The molecule has 6 nitrogen and oxygen atoms in total. The van der Waals surface area contributed by atoms with Gasteiger partial charge < -0.3 is 9.30 Å². The van der Waals surface area contributed by atoms with Crippen molar-refractivity contribution in [3.8, 4) is 5.75 Å². The quantitative estimate of drug-likeness (QED) is 0.247. The number of imide groups is 1. The van der Waals surface area contributed by atoms with Crippen molar-refractivity contribution >= 4 is 45.8 Å². The van der Waals surface area contributed by atoms with Crippen LogP contribution in [0.1, 0.15) is 66.4 Å². The van der Waals surface area contributed by atoms with Gasteiger partial charge in [0.1, 0.15) is 5.75 Å². The zero-order chi connectivity index (χ0) is 25.3. The fraction of sp³-hybridized carbons (Fsp3) is 0.370. The Kier molecular flexibility index (Phi) is 7.53. The minimum Gasteiger partial charge on any atom is -0.491 e. The number of nitrogens with zero attached hydrogens (tertiary/aromatic N) is 2. The average Bonchev–Trinajstić information content (AvgIpc) is 3.07. The topological polar surface area (TPSA) is 68.6 Å². The van der Waals surface area contributed by atoms with E-state index < -0.39 is 0 Å². The zero-order valence-electron chi connectivity index (χ0n) is 20.1. The fourth-order valence-electron chi connectivity index (χ4n) is 4.39.